The Morgan fingerprint density at radius 2 is 1.92 bits per heavy atom. The van der Waals surface area contributed by atoms with Gasteiger partial charge in [0.15, 0.2) is 0 Å². The molecule has 24 heavy (non-hydrogen) atoms. The Morgan fingerprint density at radius 1 is 1.17 bits per heavy atom. The number of H-pyrrole nitrogens is 1. The maximum atomic E-state index is 9.42. The van der Waals surface area contributed by atoms with Crippen LogP contribution in [0.2, 0.25) is 5.02 Å². The molecule has 0 atom stereocenters. The molecule has 3 aromatic rings. The first-order chi connectivity index (χ1) is 11.8. The fourth-order valence-electron chi connectivity index (χ4n) is 3.10. The maximum Gasteiger partial charge on any atom is 0.0939 e. The predicted octanol–water partition coefficient (Wildman–Crippen LogP) is 3.21. The number of aromatic nitrogens is 2. The third-order valence-corrected chi connectivity index (χ3v) is 4.75. The topological polar surface area (TPSA) is 61.4 Å². The summed E-state index contributed by atoms with van der Waals surface area (Å²) in [7, 11) is 0. The summed E-state index contributed by atoms with van der Waals surface area (Å²) in [6, 6.07) is 12.2. The van der Waals surface area contributed by atoms with Crippen LogP contribution >= 0.6 is 11.6 Å². The number of rotatable bonds is 3. The number of nitrogens with zero attached hydrogens (tertiary/aromatic N) is 2. The van der Waals surface area contributed by atoms with Gasteiger partial charge in [0.1, 0.15) is 0 Å². The van der Waals surface area contributed by atoms with Gasteiger partial charge in [0.05, 0.1) is 36.1 Å². The van der Waals surface area contributed by atoms with Gasteiger partial charge in [0, 0.05) is 29.7 Å². The summed E-state index contributed by atoms with van der Waals surface area (Å²) in [5.74, 6) is 0. The molecule has 2 N–H and O–H groups in total. The molecule has 6 heteroatoms. The van der Waals surface area contributed by atoms with Gasteiger partial charge < -0.3 is 14.7 Å². The molecule has 5 nitrogen and oxygen atoms in total. The first-order valence-electron chi connectivity index (χ1n) is 7.97. The van der Waals surface area contributed by atoms with Gasteiger partial charge >= 0.3 is 0 Å². The van der Waals surface area contributed by atoms with Crippen LogP contribution in [0, 0.1) is 0 Å². The summed E-state index contributed by atoms with van der Waals surface area (Å²) in [5, 5.41) is 18.0. The number of aromatic amines is 1. The van der Waals surface area contributed by atoms with Gasteiger partial charge in [0.2, 0.25) is 0 Å². The molecular weight excluding hydrogens is 326 g/mol. The summed E-state index contributed by atoms with van der Waals surface area (Å²) in [5.41, 5.74) is 4.64. The third-order valence-electron chi connectivity index (χ3n) is 4.43. The van der Waals surface area contributed by atoms with Crippen molar-refractivity contribution in [2.75, 3.05) is 31.2 Å². The van der Waals surface area contributed by atoms with Gasteiger partial charge in [-0.3, -0.25) is 5.10 Å². The zero-order valence-electron chi connectivity index (χ0n) is 13.1. The van der Waals surface area contributed by atoms with Crippen LogP contribution in [0.1, 0.15) is 5.69 Å². The predicted molar refractivity (Wildman–Crippen MR) is 95.5 cm³/mol. The summed E-state index contributed by atoms with van der Waals surface area (Å²) in [6.07, 6.45) is 0. The molecular formula is C18H18ClN3O2. The van der Waals surface area contributed by atoms with E-state index in [2.05, 4.69) is 39.4 Å². The lowest BCUT2D eigenvalue weighted by molar-refractivity contribution is 0.122. The molecule has 0 saturated carbocycles. The third kappa shape index (κ3) is 2.75. The van der Waals surface area contributed by atoms with E-state index in [0.29, 0.717) is 10.7 Å². The highest BCUT2D eigenvalue weighted by molar-refractivity contribution is 6.34. The fourth-order valence-corrected chi connectivity index (χ4v) is 3.37. The van der Waals surface area contributed by atoms with E-state index in [4.69, 9.17) is 16.3 Å². The fraction of sp³-hybridized carbons (Fsp3) is 0.278. The molecule has 2 heterocycles. The van der Waals surface area contributed by atoms with Crippen LogP contribution in [0.3, 0.4) is 0 Å². The number of ether oxygens (including phenoxy) is 1. The second-order valence-corrected chi connectivity index (χ2v) is 6.26. The van der Waals surface area contributed by atoms with Crippen LogP contribution in [0.4, 0.5) is 5.69 Å². The minimum atomic E-state index is -0.0759. The monoisotopic (exact) mass is 343 g/mol. The number of benzene rings is 2. The van der Waals surface area contributed by atoms with Gasteiger partial charge in [-0.15, -0.1) is 0 Å². The second kappa shape index (κ2) is 6.43. The van der Waals surface area contributed by atoms with E-state index < -0.39 is 0 Å². The van der Waals surface area contributed by atoms with E-state index >= 15 is 0 Å². The Kier molecular flexibility index (Phi) is 4.14. The van der Waals surface area contributed by atoms with E-state index in [-0.39, 0.29) is 6.61 Å². The first-order valence-corrected chi connectivity index (χ1v) is 8.34. The summed E-state index contributed by atoms with van der Waals surface area (Å²) in [4.78, 5) is 2.32. The Morgan fingerprint density at radius 3 is 2.62 bits per heavy atom. The van der Waals surface area contributed by atoms with Gasteiger partial charge in [-0.2, -0.15) is 5.10 Å². The number of morpholine rings is 1. The number of halogens is 1. The van der Waals surface area contributed by atoms with Crippen molar-refractivity contribution in [3.63, 3.8) is 0 Å². The number of hydrogen-bond acceptors (Lipinski definition) is 4. The number of nitrogens with one attached hydrogen (secondary N) is 1. The summed E-state index contributed by atoms with van der Waals surface area (Å²) >= 11 is 6.44. The SMILES string of the molecule is OCc1[nH]nc2cc(Cl)c(-c3ccc(N4CCOCC4)cc3)cc12. The van der Waals surface area contributed by atoms with Crippen molar-refractivity contribution in [2.24, 2.45) is 0 Å². The standard InChI is InChI=1S/C18H18ClN3O2/c19-16-10-17-15(18(11-23)21-20-17)9-14(16)12-1-3-13(4-2-12)22-5-7-24-8-6-22/h1-4,9-10,23H,5-8,11H2,(H,20,21). The molecule has 1 aliphatic heterocycles. The van der Waals surface area contributed by atoms with Gasteiger partial charge in [-0.25, -0.2) is 0 Å². The molecule has 0 bridgehead atoms. The van der Waals surface area contributed by atoms with Crippen LogP contribution in [0.5, 0.6) is 0 Å². The molecule has 0 aliphatic carbocycles. The number of hydrogen-bond donors (Lipinski definition) is 2. The van der Waals surface area contributed by atoms with Crippen LogP contribution in [-0.2, 0) is 11.3 Å². The second-order valence-electron chi connectivity index (χ2n) is 5.86. The quantitative estimate of drug-likeness (QED) is 0.766. The summed E-state index contributed by atoms with van der Waals surface area (Å²) in [6.45, 7) is 3.30. The zero-order valence-corrected chi connectivity index (χ0v) is 13.9. The van der Waals surface area contributed by atoms with Crippen molar-refractivity contribution in [1.29, 1.82) is 0 Å². The average molecular weight is 344 g/mol. The van der Waals surface area contributed by atoms with Crippen molar-refractivity contribution in [3.05, 3.63) is 47.1 Å². The highest BCUT2D eigenvalue weighted by atomic mass is 35.5. The molecule has 1 aromatic heterocycles. The zero-order chi connectivity index (χ0) is 16.5. The Hall–Kier alpha value is -2.08. The van der Waals surface area contributed by atoms with Crippen molar-refractivity contribution in [1.82, 2.24) is 10.2 Å². The number of anilines is 1. The van der Waals surface area contributed by atoms with E-state index in [0.717, 1.165) is 48.3 Å². The highest BCUT2D eigenvalue weighted by Crippen LogP contribution is 2.33. The minimum Gasteiger partial charge on any atom is -0.390 e. The highest BCUT2D eigenvalue weighted by Gasteiger charge is 2.13. The Balaban J connectivity index is 1.70. The van der Waals surface area contributed by atoms with Crippen molar-refractivity contribution < 1.29 is 9.84 Å². The van der Waals surface area contributed by atoms with Crippen molar-refractivity contribution in [2.45, 2.75) is 6.61 Å². The van der Waals surface area contributed by atoms with Crippen LogP contribution in [-0.4, -0.2) is 41.6 Å². The molecule has 4 rings (SSSR count). The Labute approximate surface area is 144 Å². The normalized spacial score (nSPS) is 15.2. The van der Waals surface area contributed by atoms with E-state index in [1.54, 1.807) is 0 Å². The molecule has 0 amide bonds. The molecule has 0 spiro atoms. The molecule has 0 unspecified atom stereocenters. The number of fused-ring (bicyclic) bond motifs is 1. The molecule has 1 fully saturated rings. The molecule has 1 aliphatic rings. The smallest absolute Gasteiger partial charge is 0.0939 e. The largest absolute Gasteiger partial charge is 0.390 e. The van der Waals surface area contributed by atoms with E-state index in [1.165, 1.54) is 5.69 Å². The maximum absolute atomic E-state index is 9.42. The van der Waals surface area contributed by atoms with Crippen molar-refractivity contribution >= 4 is 28.2 Å². The lowest BCUT2D eigenvalue weighted by Crippen LogP contribution is -2.36. The van der Waals surface area contributed by atoms with E-state index in [1.807, 2.05) is 12.1 Å². The van der Waals surface area contributed by atoms with Crippen molar-refractivity contribution in [3.8, 4) is 11.1 Å². The van der Waals surface area contributed by atoms with Gasteiger partial charge in [-0.1, -0.05) is 23.7 Å². The van der Waals surface area contributed by atoms with Crippen LogP contribution < -0.4 is 4.90 Å². The number of aliphatic hydroxyl groups is 1. The Bertz CT molecular complexity index is 855. The lowest BCUT2D eigenvalue weighted by atomic mass is 10.0. The molecule has 1 saturated heterocycles. The average Bonchev–Trinajstić information content (AvgIpc) is 3.03. The van der Waals surface area contributed by atoms with Crippen LogP contribution in [0.15, 0.2) is 36.4 Å². The molecule has 2 aromatic carbocycles. The molecule has 0 radical (unpaired) electrons. The number of aliphatic hydroxyl groups excluding tert-OH is 1. The first kappa shape index (κ1) is 15.4. The van der Waals surface area contributed by atoms with E-state index in [9.17, 15) is 5.11 Å². The molecule has 124 valence electrons. The summed E-state index contributed by atoms with van der Waals surface area (Å²) < 4.78 is 5.40. The minimum absolute atomic E-state index is 0.0759. The van der Waals surface area contributed by atoms with Crippen LogP contribution in [0.25, 0.3) is 22.0 Å². The lowest BCUT2D eigenvalue weighted by Gasteiger charge is -2.29. The van der Waals surface area contributed by atoms with Gasteiger partial charge in [-0.05, 0) is 29.8 Å². The van der Waals surface area contributed by atoms with Gasteiger partial charge in [0.25, 0.3) is 0 Å².